The molecule has 0 rings (SSSR count). The summed E-state index contributed by atoms with van der Waals surface area (Å²) in [5.74, 6) is -1.11. The Labute approximate surface area is 61.2 Å². The van der Waals surface area contributed by atoms with Gasteiger partial charge in [-0.05, 0) is 13.8 Å². The van der Waals surface area contributed by atoms with Crippen LogP contribution in [0.25, 0.3) is 0 Å². The average Bonchev–Trinajstić information content (AvgIpc) is 1.62. The summed E-state index contributed by atoms with van der Waals surface area (Å²) < 4.78 is 0. The van der Waals surface area contributed by atoms with Gasteiger partial charge in [0.25, 0.3) is 0 Å². The fraction of sp³-hybridized carbons (Fsp3) is 0.857. The zero-order valence-electron chi connectivity index (χ0n) is 6.89. The molecule has 0 amide bonds. The van der Waals surface area contributed by atoms with Crippen LogP contribution < -0.4 is 10.8 Å². The molecule has 0 heterocycles. The molecule has 0 saturated carbocycles. The molecular weight excluding hydrogens is 130 g/mol. The van der Waals surface area contributed by atoms with Crippen LogP contribution in [0.2, 0.25) is 0 Å². The summed E-state index contributed by atoms with van der Waals surface area (Å²) in [7, 11) is 0. The van der Waals surface area contributed by atoms with Gasteiger partial charge in [-0.25, -0.2) is 0 Å². The fourth-order valence-corrected chi connectivity index (χ4v) is 0.263. The summed E-state index contributed by atoms with van der Waals surface area (Å²) in [6.07, 6.45) is 0. The lowest BCUT2D eigenvalue weighted by Crippen LogP contribution is -2.56. The van der Waals surface area contributed by atoms with E-state index in [4.69, 9.17) is 5.73 Å². The number of aliphatic carboxylic acids is 1. The number of rotatable bonds is 2. The van der Waals surface area contributed by atoms with Gasteiger partial charge in [0.2, 0.25) is 0 Å². The van der Waals surface area contributed by atoms with Gasteiger partial charge in [-0.1, -0.05) is 13.8 Å². The van der Waals surface area contributed by atoms with Crippen LogP contribution >= 0.6 is 0 Å². The second kappa shape index (κ2) is 2.23. The van der Waals surface area contributed by atoms with Crippen molar-refractivity contribution in [2.24, 2.45) is 11.1 Å². The van der Waals surface area contributed by atoms with E-state index in [9.17, 15) is 9.90 Å². The van der Waals surface area contributed by atoms with Crippen molar-refractivity contribution in [2.45, 2.75) is 33.2 Å². The Morgan fingerprint density at radius 1 is 1.30 bits per heavy atom. The quantitative estimate of drug-likeness (QED) is 0.568. The molecule has 3 heteroatoms. The van der Waals surface area contributed by atoms with Gasteiger partial charge in [0.05, 0.1) is 0 Å². The first-order valence-corrected chi connectivity index (χ1v) is 3.20. The number of nitrogens with two attached hydrogens (primary N) is 1. The van der Waals surface area contributed by atoms with Gasteiger partial charge in [-0.15, -0.1) is 0 Å². The molecular formula is C7H14NO2-. The lowest BCUT2D eigenvalue weighted by molar-refractivity contribution is -0.320. The molecule has 10 heavy (non-hydrogen) atoms. The molecule has 3 nitrogen and oxygen atoms in total. The molecule has 0 aromatic carbocycles. The number of carboxylic acid groups (broad SMARTS) is 1. The monoisotopic (exact) mass is 144 g/mol. The highest BCUT2D eigenvalue weighted by molar-refractivity contribution is 5.73. The third kappa shape index (κ3) is 1.48. The molecule has 0 bridgehead atoms. The van der Waals surface area contributed by atoms with E-state index in [1.54, 1.807) is 27.7 Å². The minimum atomic E-state index is -1.11. The lowest BCUT2D eigenvalue weighted by atomic mass is 9.75. The van der Waals surface area contributed by atoms with E-state index in [0.29, 0.717) is 0 Å². The van der Waals surface area contributed by atoms with E-state index in [1.807, 2.05) is 0 Å². The predicted octanol–water partition coefficient (Wildman–Crippen LogP) is -0.500. The van der Waals surface area contributed by atoms with Gasteiger partial charge >= 0.3 is 0 Å². The SMILES string of the molecule is CC(C)(N)C(C)(C)C(=O)[O-]. The Bertz CT molecular complexity index is 144. The van der Waals surface area contributed by atoms with Crippen LogP contribution in [0.1, 0.15) is 27.7 Å². The van der Waals surface area contributed by atoms with Crippen LogP contribution in [0, 0.1) is 5.41 Å². The van der Waals surface area contributed by atoms with Crippen LogP contribution in [0.5, 0.6) is 0 Å². The summed E-state index contributed by atoms with van der Waals surface area (Å²) in [4.78, 5) is 10.5. The zero-order valence-corrected chi connectivity index (χ0v) is 6.89. The van der Waals surface area contributed by atoms with Gasteiger partial charge in [0, 0.05) is 16.9 Å². The summed E-state index contributed by atoms with van der Waals surface area (Å²) in [6, 6.07) is 0. The van der Waals surface area contributed by atoms with Crippen LogP contribution in [-0.4, -0.2) is 11.5 Å². The fourth-order valence-electron chi connectivity index (χ4n) is 0.263. The van der Waals surface area contributed by atoms with Crippen LogP contribution in [0.4, 0.5) is 0 Å². The second-order valence-electron chi connectivity index (χ2n) is 3.63. The molecule has 0 aliphatic rings. The molecule has 60 valence electrons. The first kappa shape index (κ1) is 9.43. The third-order valence-corrected chi connectivity index (χ3v) is 2.12. The standard InChI is InChI=1S/C7H15NO2/c1-6(2,5(9)10)7(3,4)8/h8H2,1-4H3,(H,9,10)/p-1. The number of carbonyl (C=O) groups excluding carboxylic acids is 1. The van der Waals surface area contributed by atoms with E-state index in [1.165, 1.54) is 0 Å². The van der Waals surface area contributed by atoms with Gasteiger partial charge in [0.15, 0.2) is 0 Å². The Morgan fingerprint density at radius 2 is 1.60 bits per heavy atom. The van der Waals surface area contributed by atoms with Crippen molar-refractivity contribution < 1.29 is 9.90 Å². The number of carboxylic acids is 1. The van der Waals surface area contributed by atoms with Crippen LogP contribution in [0.15, 0.2) is 0 Å². The molecule has 0 aromatic heterocycles. The van der Waals surface area contributed by atoms with Crippen molar-refractivity contribution in [1.29, 1.82) is 0 Å². The maximum Gasteiger partial charge on any atom is 0.0488 e. The third-order valence-electron chi connectivity index (χ3n) is 2.12. The predicted molar refractivity (Wildman–Crippen MR) is 37.1 cm³/mol. The molecule has 0 spiro atoms. The van der Waals surface area contributed by atoms with E-state index >= 15 is 0 Å². The van der Waals surface area contributed by atoms with Crippen molar-refractivity contribution >= 4 is 5.97 Å². The minimum absolute atomic E-state index is 0.744. The van der Waals surface area contributed by atoms with Crippen molar-refractivity contribution in [2.75, 3.05) is 0 Å². The summed E-state index contributed by atoms with van der Waals surface area (Å²) in [6.45, 7) is 6.45. The maximum atomic E-state index is 10.5. The summed E-state index contributed by atoms with van der Waals surface area (Å²) >= 11 is 0. The summed E-state index contributed by atoms with van der Waals surface area (Å²) in [5, 5.41) is 10.5. The van der Waals surface area contributed by atoms with Gasteiger partial charge in [-0.3, -0.25) is 0 Å². The Balaban J connectivity index is 4.57. The number of hydrogen-bond donors (Lipinski definition) is 1. The zero-order chi connectivity index (χ0) is 8.58. The maximum absolute atomic E-state index is 10.5. The van der Waals surface area contributed by atoms with Gasteiger partial charge in [-0.2, -0.15) is 0 Å². The molecule has 0 unspecified atom stereocenters. The minimum Gasteiger partial charge on any atom is -0.550 e. The lowest BCUT2D eigenvalue weighted by Gasteiger charge is -2.39. The molecule has 0 fully saturated rings. The number of hydrogen-bond acceptors (Lipinski definition) is 3. The van der Waals surface area contributed by atoms with Crippen molar-refractivity contribution in [1.82, 2.24) is 0 Å². The van der Waals surface area contributed by atoms with Crippen LogP contribution in [0.3, 0.4) is 0 Å². The van der Waals surface area contributed by atoms with E-state index in [-0.39, 0.29) is 0 Å². The number of carbonyl (C=O) groups is 1. The molecule has 2 N–H and O–H groups in total. The molecule has 0 aliphatic heterocycles. The highest BCUT2D eigenvalue weighted by Crippen LogP contribution is 2.26. The molecule has 0 aromatic rings. The smallest absolute Gasteiger partial charge is 0.0488 e. The molecule has 0 aliphatic carbocycles. The molecule has 0 radical (unpaired) electrons. The highest BCUT2D eigenvalue weighted by Gasteiger charge is 2.34. The summed E-state index contributed by atoms with van der Waals surface area (Å²) in [5.41, 5.74) is 3.87. The largest absolute Gasteiger partial charge is 0.550 e. The van der Waals surface area contributed by atoms with E-state index < -0.39 is 16.9 Å². The average molecular weight is 144 g/mol. The molecule has 0 atom stereocenters. The van der Waals surface area contributed by atoms with Crippen molar-refractivity contribution in [3.8, 4) is 0 Å². The van der Waals surface area contributed by atoms with E-state index in [0.717, 1.165) is 0 Å². The van der Waals surface area contributed by atoms with E-state index in [2.05, 4.69) is 0 Å². The molecule has 0 saturated heterocycles. The highest BCUT2D eigenvalue weighted by atomic mass is 16.4. The van der Waals surface area contributed by atoms with Crippen LogP contribution in [-0.2, 0) is 4.79 Å². The van der Waals surface area contributed by atoms with Gasteiger partial charge < -0.3 is 15.6 Å². The Kier molecular flexibility index (Phi) is 2.11. The van der Waals surface area contributed by atoms with Gasteiger partial charge in [0.1, 0.15) is 0 Å². The Hall–Kier alpha value is -0.570. The van der Waals surface area contributed by atoms with Crippen molar-refractivity contribution in [3.63, 3.8) is 0 Å². The Morgan fingerprint density at radius 3 is 1.60 bits per heavy atom. The normalized spacial score (nSPS) is 13.3. The first-order chi connectivity index (χ1) is 4.19. The topological polar surface area (TPSA) is 66.2 Å². The second-order valence-corrected chi connectivity index (χ2v) is 3.63. The van der Waals surface area contributed by atoms with Crippen molar-refractivity contribution in [3.05, 3.63) is 0 Å². The first-order valence-electron chi connectivity index (χ1n) is 3.20.